The van der Waals surface area contributed by atoms with Crippen LogP contribution in [0, 0.1) is 5.21 Å². The van der Waals surface area contributed by atoms with E-state index >= 15 is 0 Å². The fourth-order valence-corrected chi connectivity index (χ4v) is 1.43. The van der Waals surface area contributed by atoms with Crippen LogP contribution in [0.25, 0.3) is 0 Å². The molecule has 4 nitrogen and oxygen atoms in total. The molecule has 0 spiro atoms. The molecule has 11 heavy (non-hydrogen) atoms. The summed E-state index contributed by atoms with van der Waals surface area (Å²) in [6, 6.07) is -0.314. The highest BCUT2D eigenvalue weighted by atomic mass is 16.5. The molecular formula is C7H14N2O2. The molecule has 1 rings (SSSR count). The van der Waals surface area contributed by atoms with Crippen LogP contribution in [-0.2, 0) is 4.79 Å². The van der Waals surface area contributed by atoms with E-state index in [0.717, 1.165) is 0 Å². The number of nitrogens with one attached hydrogen (secondary N) is 2. The Morgan fingerprint density at radius 3 is 2.73 bits per heavy atom. The van der Waals surface area contributed by atoms with Crippen molar-refractivity contribution in [2.45, 2.75) is 32.4 Å². The molecule has 1 fully saturated rings. The minimum atomic E-state index is -0.314. The SMILES string of the molecule is CC1NC(C)(C)C[NH+]([O-])C1=O. The highest BCUT2D eigenvalue weighted by Crippen LogP contribution is 2.03. The van der Waals surface area contributed by atoms with Crippen molar-refractivity contribution in [3.05, 3.63) is 5.21 Å². The molecule has 1 saturated heterocycles. The summed E-state index contributed by atoms with van der Waals surface area (Å²) in [5.74, 6) is -0.288. The Morgan fingerprint density at radius 1 is 1.73 bits per heavy atom. The first kappa shape index (κ1) is 8.64. The van der Waals surface area contributed by atoms with Gasteiger partial charge in [0.1, 0.15) is 12.6 Å². The largest absolute Gasteiger partial charge is 0.627 e. The maximum absolute atomic E-state index is 11.0. The highest BCUT2D eigenvalue weighted by molar-refractivity contribution is 5.73. The van der Waals surface area contributed by atoms with Gasteiger partial charge in [0.2, 0.25) is 0 Å². The van der Waals surface area contributed by atoms with Gasteiger partial charge < -0.3 is 10.3 Å². The molecule has 0 aromatic carbocycles. The third-order valence-electron chi connectivity index (χ3n) is 1.88. The maximum Gasteiger partial charge on any atom is 0.328 e. The van der Waals surface area contributed by atoms with Crippen molar-refractivity contribution in [3.8, 4) is 0 Å². The van der Waals surface area contributed by atoms with Crippen LogP contribution in [0.15, 0.2) is 0 Å². The van der Waals surface area contributed by atoms with Crippen molar-refractivity contribution >= 4 is 5.91 Å². The summed E-state index contributed by atoms with van der Waals surface area (Å²) in [5.41, 5.74) is -0.218. The van der Waals surface area contributed by atoms with Crippen LogP contribution in [0.5, 0.6) is 0 Å². The van der Waals surface area contributed by atoms with Gasteiger partial charge in [-0.1, -0.05) is 0 Å². The lowest BCUT2D eigenvalue weighted by molar-refractivity contribution is -0.775. The maximum atomic E-state index is 11.0. The van der Waals surface area contributed by atoms with Gasteiger partial charge in [-0.2, -0.15) is 0 Å². The molecule has 1 amide bonds. The zero-order chi connectivity index (χ0) is 8.65. The van der Waals surface area contributed by atoms with Gasteiger partial charge in [0, 0.05) is 0 Å². The molecule has 0 saturated carbocycles. The van der Waals surface area contributed by atoms with Gasteiger partial charge in [-0.25, -0.2) is 4.79 Å². The number of carbonyl (C=O) groups excluding carboxylic acids is 1. The Hall–Kier alpha value is -0.450. The van der Waals surface area contributed by atoms with Gasteiger partial charge in [0.05, 0.1) is 5.54 Å². The van der Waals surface area contributed by atoms with Crippen LogP contribution in [0.2, 0.25) is 0 Å². The minimum absolute atomic E-state index is 0.218. The molecule has 0 bridgehead atoms. The zero-order valence-corrected chi connectivity index (χ0v) is 7.10. The van der Waals surface area contributed by atoms with E-state index < -0.39 is 0 Å². The van der Waals surface area contributed by atoms with Crippen molar-refractivity contribution < 1.29 is 9.86 Å². The lowest BCUT2D eigenvalue weighted by Crippen LogP contribution is -3.16. The zero-order valence-electron chi connectivity index (χ0n) is 7.10. The molecule has 4 heteroatoms. The molecule has 64 valence electrons. The molecule has 0 aromatic heterocycles. The fourth-order valence-electron chi connectivity index (χ4n) is 1.43. The van der Waals surface area contributed by atoms with Gasteiger partial charge in [-0.3, -0.25) is 5.32 Å². The predicted molar refractivity (Wildman–Crippen MR) is 40.9 cm³/mol. The molecular weight excluding hydrogens is 144 g/mol. The predicted octanol–water partition coefficient (Wildman–Crippen LogP) is -1.33. The highest BCUT2D eigenvalue weighted by Gasteiger charge is 2.36. The average molecular weight is 158 g/mol. The van der Waals surface area contributed by atoms with E-state index in [0.29, 0.717) is 6.54 Å². The number of hydrogen-bond acceptors (Lipinski definition) is 3. The second kappa shape index (κ2) is 2.55. The van der Waals surface area contributed by atoms with E-state index in [1.54, 1.807) is 6.92 Å². The van der Waals surface area contributed by atoms with Crippen LogP contribution in [0.1, 0.15) is 20.8 Å². The summed E-state index contributed by atoms with van der Waals surface area (Å²) in [5, 5.41) is 13.8. The summed E-state index contributed by atoms with van der Waals surface area (Å²) >= 11 is 0. The van der Waals surface area contributed by atoms with Crippen LogP contribution >= 0.6 is 0 Å². The van der Waals surface area contributed by atoms with Crippen molar-refractivity contribution in [2.24, 2.45) is 0 Å². The number of hydrogen-bond donors (Lipinski definition) is 2. The van der Waals surface area contributed by atoms with E-state index in [-0.39, 0.29) is 22.6 Å². The number of piperazine rings is 1. The normalized spacial score (nSPS) is 37.3. The molecule has 1 aliphatic heterocycles. The third kappa shape index (κ3) is 1.77. The lowest BCUT2D eigenvalue weighted by Gasteiger charge is -2.39. The summed E-state index contributed by atoms with van der Waals surface area (Å²) in [6.45, 7) is 5.89. The third-order valence-corrected chi connectivity index (χ3v) is 1.88. The standard InChI is InChI=1S/C7H14N2O2/c1-5-6(10)9(11)4-7(2,3)8-5/h5,8-9H,4H2,1-3H3. The van der Waals surface area contributed by atoms with Crippen molar-refractivity contribution in [2.75, 3.05) is 6.54 Å². The second-order valence-corrected chi connectivity index (χ2v) is 3.71. The van der Waals surface area contributed by atoms with E-state index in [1.807, 2.05) is 13.8 Å². The number of hydroxylamine groups is 2. The van der Waals surface area contributed by atoms with Crippen LogP contribution in [0.3, 0.4) is 0 Å². The molecule has 0 aliphatic carbocycles. The Bertz CT molecular complexity index is 163. The summed E-state index contributed by atoms with van der Waals surface area (Å²) in [7, 11) is 0. The van der Waals surface area contributed by atoms with Gasteiger partial charge >= 0.3 is 5.91 Å². The Labute approximate surface area is 66.1 Å². The van der Waals surface area contributed by atoms with E-state index in [4.69, 9.17) is 0 Å². The molecule has 1 heterocycles. The van der Waals surface area contributed by atoms with Crippen molar-refractivity contribution in [1.29, 1.82) is 0 Å². The molecule has 1 aliphatic rings. The second-order valence-electron chi connectivity index (χ2n) is 3.71. The first-order chi connectivity index (χ1) is 4.92. The Morgan fingerprint density at radius 2 is 2.27 bits per heavy atom. The van der Waals surface area contributed by atoms with E-state index in [2.05, 4.69) is 5.32 Å². The van der Waals surface area contributed by atoms with Crippen molar-refractivity contribution in [3.63, 3.8) is 0 Å². The van der Waals surface area contributed by atoms with E-state index in [1.165, 1.54) is 0 Å². The molecule has 2 unspecified atom stereocenters. The minimum Gasteiger partial charge on any atom is -0.627 e. The number of rotatable bonds is 0. The number of amides is 1. The van der Waals surface area contributed by atoms with E-state index in [9.17, 15) is 10.0 Å². The van der Waals surface area contributed by atoms with Gasteiger partial charge in [0.25, 0.3) is 0 Å². The van der Waals surface area contributed by atoms with Crippen molar-refractivity contribution in [1.82, 2.24) is 5.32 Å². The Kier molecular flexibility index (Phi) is 2.00. The van der Waals surface area contributed by atoms with Gasteiger partial charge in [0.15, 0.2) is 0 Å². The number of carbonyl (C=O) groups is 1. The fraction of sp³-hybridized carbons (Fsp3) is 0.857. The summed E-state index contributed by atoms with van der Waals surface area (Å²) in [6.07, 6.45) is 0. The first-order valence-corrected chi connectivity index (χ1v) is 3.77. The summed E-state index contributed by atoms with van der Waals surface area (Å²) in [4.78, 5) is 11.0. The summed E-state index contributed by atoms with van der Waals surface area (Å²) < 4.78 is 0. The van der Waals surface area contributed by atoms with Gasteiger partial charge in [-0.05, 0) is 20.8 Å². The van der Waals surface area contributed by atoms with Crippen LogP contribution in [0.4, 0.5) is 0 Å². The quantitative estimate of drug-likeness (QED) is 0.429. The average Bonchev–Trinajstić information content (AvgIpc) is 1.81. The first-order valence-electron chi connectivity index (χ1n) is 3.77. The number of quaternary nitrogens is 1. The molecule has 0 radical (unpaired) electrons. The smallest absolute Gasteiger partial charge is 0.328 e. The monoisotopic (exact) mass is 158 g/mol. The molecule has 2 atom stereocenters. The van der Waals surface area contributed by atoms with Gasteiger partial charge in [-0.15, -0.1) is 0 Å². The Balaban J connectivity index is 2.70. The van der Waals surface area contributed by atoms with Crippen LogP contribution in [-0.4, -0.2) is 24.0 Å². The topological polar surface area (TPSA) is 56.6 Å². The molecule has 0 aromatic rings. The lowest BCUT2D eigenvalue weighted by atomic mass is 10.0. The molecule has 2 N–H and O–H groups in total. The van der Waals surface area contributed by atoms with Crippen LogP contribution < -0.4 is 10.4 Å².